The Morgan fingerprint density at radius 3 is 0.707 bits per heavy atom. The van der Waals surface area contributed by atoms with Crippen LogP contribution in [0.25, 0.3) is 0 Å². The Hall–Kier alpha value is -2.37. The van der Waals surface area contributed by atoms with Gasteiger partial charge < -0.3 is 14.2 Å². The summed E-state index contributed by atoms with van der Waals surface area (Å²) in [6, 6.07) is 0. The lowest BCUT2D eigenvalue weighted by molar-refractivity contribution is -0.167. The summed E-state index contributed by atoms with van der Waals surface area (Å²) in [5, 5.41) is 0. The van der Waals surface area contributed by atoms with Crippen molar-refractivity contribution in [3.8, 4) is 0 Å². The van der Waals surface area contributed by atoms with Gasteiger partial charge in [0.05, 0.1) is 0 Å². The van der Waals surface area contributed by atoms with Crippen LogP contribution in [-0.4, -0.2) is 37.2 Å². The van der Waals surface area contributed by atoms with Gasteiger partial charge in [-0.2, -0.15) is 0 Å². The Balaban J connectivity index is 4.05. The van der Waals surface area contributed by atoms with E-state index in [1.54, 1.807) is 0 Å². The number of esters is 3. The normalized spacial score (nSPS) is 12.2. The smallest absolute Gasteiger partial charge is 0.306 e. The van der Waals surface area contributed by atoms with Gasteiger partial charge in [0.25, 0.3) is 0 Å². The summed E-state index contributed by atoms with van der Waals surface area (Å²) >= 11 is 0. The highest BCUT2D eigenvalue weighted by Gasteiger charge is 2.19. The molecule has 0 aliphatic rings. The summed E-state index contributed by atoms with van der Waals surface area (Å²) in [4.78, 5) is 38.4. The molecule has 0 heterocycles. The number of carbonyl (C=O) groups excluding carboxylic acids is 3. The third-order valence-corrected chi connectivity index (χ3v) is 16.9. The summed E-state index contributed by atoms with van der Waals surface area (Å²) in [7, 11) is 0. The first-order chi connectivity index (χ1) is 40.5. The maximum atomic E-state index is 12.9. The largest absolute Gasteiger partial charge is 0.462 e. The van der Waals surface area contributed by atoms with Crippen molar-refractivity contribution >= 4 is 17.9 Å². The monoisotopic (exact) mass is 1150 g/mol. The molecule has 0 spiro atoms. The molecule has 0 rings (SSSR count). The van der Waals surface area contributed by atoms with Crippen molar-refractivity contribution in [1.82, 2.24) is 0 Å². The minimum absolute atomic E-state index is 0.0695. The summed E-state index contributed by atoms with van der Waals surface area (Å²) in [6.07, 6.45) is 89.2. The maximum absolute atomic E-state index is 12.9. The van der Waals surface area contributed by atoms with E-state index < -0.39 is 6.10 Å². The van der Waals surface area contributed by atoms with E-state index in [2.05, 4.69) is 57.2 Å². The fourth-order valence-electron chi connectivity index (χ4n) is 11.3. The first kappa shape index (κ1) is 79.6. The van der Waals surface area contributed by atoms with E-state index in [0.29, 0.717) is 19.3 Å². The molecule has 1 unspecified atom stereocenters. The number of hydrogen-bond donors (Lipinski definition) is 0. The second-order valence-corrected chi connectivity index (χ2v) is 25.2. The summed E-state index contributed by atoms with van der Waals surface area (Å²) < 4.78 is 17.0. The number of carbonyl (C=O) groups is 3. The van der Waals surface area contributed by atoms with Crippen molar-refractivity contribution in [2.24, 2.45) is 0 Å². The van der Waals surface area contributed by atoms with E-state index in [4.69, 9.17) is 14.2 Å². The third-order valence-electron chi connectivity index (χ3n) is 16.9. The van der Waals surface area contributed by atoms with Crippen LogP contribution in [-0.2, 0) is 28.6 Å². The standard InChI is InChI=1S/C76H142O6/c1-4-7-10-13-16-19-22-25-27-29-30-31-32-33-34-35-36-37-38-39-40-41-42-43-44-45-46-48-49-51-54-57-60-63-66-69-75(78)81-72-73(71-80-74(77)68-65-62-59-56-53-24-21-18-15-12-9-6-3)82-76(79)70-67-64-61-58-55-52-50-47-28-26-23-20-17-14-11-8-5-2/h17,20,26,28-30,73H,4-16,18-19,21-25,27,31-72H2,1-3H3/b20-17-,28-26-,30-29-. The van der Waals surface area contributed by atoms with Gasteiger partial charge in [0.1, 0.15) is 13.2 Å². The summed E-state index contributed by atoms with van der Waals surface area (Å²) in [5.41, 5.74) is 0. The van der Waals surface area contributed by atoms with Gasteiger partial charge in [-0.1, -0.05) is 353 Å². The number of allylic oxidation sites excluding steroid dienone is 6. The van der Waals surface area contributed by atoms with Gasteiger partial charge in [-0.15, -0.1) is 0 Å². The highest BCUT2D eigenvalue weighted by molar-refractivity contribution is 5.71. The van der Waals surface area contributed by atoms with Crippen LogP contribution < -0.4 is 0 Å². The molecule has 0 N–H and O–H groups in total. The lowest BCUT2D eigenvalue weighted by Crippen LogP contribution is -2.30. The molecule has 0 fully saturated rings. The van der Waals surface area contributed by atoms with Crippen LogP contribution in [0.15, 0.2) is 36.5 Å². The Morgan fingerprint density at radius 1 is 0.244 bits per heavy atom. The molecule has 0 radical (unpaired) electrons. The predicted octanol–water partition coefficient (Wildman–Crippen LogP) is 25.5. The minimum Gasteiger partial charge on any atom is -0.462 e. The molecule has 0 bridgehead atoms. The van der Waals surface area contributed by atoms with E-state index in [1.807, 2.05) is 0 Å². The maximum Gasteiger partial charge on any atom is 0.306 e. The van der Waals surface area contributed by atoms with Crippen LogP contribution in [0, 0.1) is 0 Å². The molecule has 0 saturated heterocycles. The highest BCUT2D eigenvalue weighted by Crippen LogP contribution is 2.19. The van der Waals surface area contributed by atoms with Crippen LogP contribution in [0.5, 0.6) is 0 Å². The summed E-state index contributed by atoms with van der Waals surface area (Å²) in [5.74, 6) is -0.849. The fourth-order valence-corrected chi connectivity index (χ4v) is 11.3. The van der Waals surface area contributed by atoms with E-state index in [9.17, 15) is 14.4 Å². The number of ether oxygens (including phenoxy) is 3. The van der Waals surface area contributed by atoms with E-state index in [1.165, 1.54) is 302 Å². The molecule has 82 heavy (non-hydrogen) atoms. The molecule has 0 amide bonds. The van der Waals surface area contributed by atoms with Crippen LogP contribution >= 0.6 is 0 Å². The van der Waals surface area contributed by atoms with Crippen molar-refractivity contribution < 1.29 is 28.6 Å². The van der Waals surface area contributed by atoms with Crippen molar-refractivity contribution in [1.29, 1.82) is 0 Å². The molecule has 0 aromatic carbocycles. The van der Waals surface area contributed by atoms with Crippen LogP contribution in [0.2, 0.25) is 0 Å². The third kappa shape index (κ3) is 68.4. The summed E-state index contributed by atoms with van der Waals surface area (Å²) in [6.45, 7) is 6.67. The van der Waals surface area contributed by atoms with Crippen molar-refractivity contribution in [2.45, 2.75) is 419 Å². The second-order valence-electron chi connectivity index (χ2n) is 25.2. The average molecular weight is 1150 g/mol. The van der Waals surface area contributed by atoms with Crippen LogP contribution in [0.4, 0.5) is 0 Å². The van der Waals surface area contributed by atoms with Gasteiger partial charge in [0.15, 0.2) is 6.10 Å². The SMILES string of the molecule is CCCCC/C=C\C/C=C\CCCCCCCCCC(=O)OC(COC(=O)CCCCCCCCCCCCCC)COC(=O)CCCCCCCCCCCCCCCCCCCCCCCCC/C=C\CCCCCCCCCC. The van der Waals surface area contributed by atoms with Gasteiger partial charge in [0.2, 0.25) is 0 Å². The highest BCUT2D eigenvalue weighted by atomic mass is 16.6. The predicted molar refractivity (Wildman–Crippen MR) is 358 cm³/mol. The lowest BCUT2D eigenvalue weighted by atomic mass is 10.0. The molecule has 0 saturated carbocycles. The van der Waals surface area contributed by atoms with Crippen molar-refractivity contribution in [2.75, 3.05) is 13.2 Å². The van der Waals surface area contributed by atoms with E-state index >= 15 is 0 Å². The van der Waals surface area contributed by atoms with E-state index in [0.717, 1.165) is 70.6 Å². The van der Waals surface area contributed by atoms with Crippen LogP contribution in [0.1, 0.15) is 412 Å². The molecule has 1 atom stereocenters. The van der Waals surface area contributed by atoms with Crippen molar-refractivity contribution in [3.05, 3.63) is 36.5 Å². The van der Waals surface area contributed by atoms with Crippen molar-refractivity contribution in [3.63, 3.8) is 0 Å². The Labute approximate surface area is 512 Å². The molecule has 0 aliphatic heterocycles. The molecule has 6 nitrogen and oxygen atoms in total. The zero-order valence-electron chi connectivity index (χ0n) is 55.5. The number of unbranched alkanes of at least 4 members (excludes halogenated alkanes) is 52. The average Bonchev–Trinajstić information content (AvgIpc) is 3.47. The van der Waals surface area contributed by atoms with Crippen LogP contribution in [0.3, 0.4) is 0 Å². The molecule has 0 aromatic heterocycles. The van der Waals surface area contributed by atoms with Gasteiger partial charge >= 0.3 is 17.9 Å². The topological polar surface area (TPSA) is 78.9 Å². The molecule has 482 valence electrons. The first-order valence-corrected chi connectivity index (χ1v) is 37.0. The lowest BCUT2D eigenvalue weighted by Gasteiger charge is -2.18. The quantitative estimate of drug-likeness (QED) is 0.0261. The molecular formula is C76H142O6. The zero-order valence-corrected chi connectivity index (χ0v) is 55.5. The van der Waals surface area contributed by atoms with Gasteiger partial charge in [-0.25, -0.2) is 0 Å². The zero-order chi connectivity index (χ0) is 59.2. The fraction of sp³-hybridized carbons (Fsp3) is 0.882. The van der Waals surface area contributed by atoms with Gasteiger partial charge in [-0.05, 0) is 77.0 Å². The molecular weight excluding hydrogens is 1010 g/mol. The Morgan fingerprint density at radius 2 is 0.439 bits per heavy atom. The molecule has 6 heteroatoms. The van der Waals surface area contributed by atoms with E-state index in [-0.39, 0.29) is 31.1 Å². The minimum atomic E-state index is -0.773. The first-order valence-electron chi connectivity index (χ1n) is 37.0. The van der Waals surface area contributed by atoms with Gasteiger partial charge in [0, 0.05) is 19.3 Å². The molecule has 0 aliphatic carbocycles. The number of hydrogen-bond acceptors (Lipinski definition) is 6. The number of rotatable bonds is 69. The molecule has 0 aromatic rings. The van der Waals surface area contributed by atoms with Gasteiger partial charge in [-0.3, -0.25) is 14.4 Å². The Kier molecular flexibility index (Phi) is 69.1. The Bertz CT molecular complexity index is 1370. The second kappa shape index (κ2) is 71.1.